The normalized spacial score (nSPS) is 17.7. The van der Waals surface area contributed by atoms with Crippen molar-refractivity contribution in [2.24, 2.45) is 5.73 Å². The Morgan fingerprint density at radius 2 is 1.76 bits per heavy atom. The minimum atomic E-state index is -0.882. The summed E-state index contributed by atoms with van der Waals surface area (Å²) in [4.78, 5) is 12.9. The quantitative estimate of drug-likeness (QED) is 0.732. The summed E-state index contributed by atoms with van der Waals surface area (Å²) in [5.74, 6) is -0.882. The van der Waals surface area contributed by atoms with Crippen LogP contribution in [-0.4, -0.2) is 41.7 Å². The molecule has 4 nitrogen and oxygen atoms in total. The lowest BCUT2D eigenvalue weighted by atomic mass is 10.1. The summed E-state index contributed by atoms with van der Waals surface area (Å²) in [5, 5.41) is 8.59. The van der Waals surface area contributed by atoms with E-state index in [0.29, 0.717) is 6.42 Å². The molecule has 1 aliphatic heterocycles. The largest absolute Gasteiger partial charge is 0.480 e. The molecular weight excluding hydrogens is 263 g/mol. The van der Waals surface area contributed by atoms with Crippen LogP contribution in [0.3, 0.4) is 0 Å². The number of carboxylic acids is 1. The van der Waals surface area contributed by atoms with E-state index in [1.54, 1.807) is 0 Å². The number of carbonyl (C=O) groups is 1. The van der Waals surface area contributed by atoms with Crippen LogP contribution >= 0.6 is 24.8 Å². The standard InChI is InChI=1S/C11H22N2O2.2ClH/c12-10(11(14)15)6-2-5-9-13-7-3-1-4-8-13;;/h10H,1-9,12H2,(H,14,15);2*1H. The zero-order valence-corrected chi connectivity index (χ0v) is 11.8. The molecule has 3 N–H and O–H groups in total. The molecule has 0 bridgehead atoms. The molecule has 0 aromatic heterocycles. The number of nitrogens with zero attached hydrogens (tertiary/aromatic N) is 1. The molecule has 0 spiro atoms. The fourth-order valence-corrected chi connectivity index (χ4v) is 2.01. The molecule has 0 aliphatic carbocycles. The van der Waals surface area contributed by atoms with E-state index in [-0.39, 0.29) is 24.8 Å². The van der Waals surface area contributed by atoms with Crippen LogP contribution in [0.25, 0.3) is 0 Å². The van der Waals surface area contributed by atoms with Crippen molar-refractivity contribution in [3.8, 4) is 0 Å². The van der Waals surface area contributed by atoms with Gasteiger partial charge >= 0.3 is 5.97 Å². The van der Waals surface area contributed by atoms with E-state index >= 15 is 0 Å². The minimum Gasteiger partial charge on any atom is -0.480 e. The number of unbranched alkanes of at least 4 members (excludes halogenated alkanes) is 1. The fourth-order valence-electron chi connectivity index (χ4n) is 2.01. The summed E-state index contributed by atoms with van der Waals surface area (Å²) >= 11 is 0. The Morgan fingerprint density at radius 3 is 2.29 bits per heavy atom. The van der Waals surface area contributed by atoms with Gasteiger partial charge in [0.05, 0.1) is 0 Å². The van der Waals surface area contributed by atoms with Crippen molar-refractivity contribution in [2.75, 3.05) is 19.6 Å². The molecule has 1 fully saturated rings. The molecule has 0 aromatic carbocycles. The Morgan fingerprint density at radius 1 is 1.18 bits per heavy atom. The van der Waals surface area contributed by atoms with Gasteiger partial charge in [-0.25, -0.2) is 0 Å². The summed E-state index contributed by atoms with van der Waals surface area (Å²) < 4.78 is 0. The molecule has 17 heavy (non-hydrogen) atoms. The average molecular weight is 287 g/mol. The van der Waals surface area contributed by atoms with Gasteiger partial charge in [-0.05, 0) is 45.3 Å². The second-order valence-corrected chi connectivity index (χ2v) is 4.34. The Kier molecular flexibility index (Phi) is 12.6. The zero-order valence-electron chi connectivity index (χ0n) is 10.1. The van der Waals surface area contributed by atoms with E-state index in [4.69, 9.17) is 10.8 Å². The highest BCUT2D eigenvalue weighted by Crippen LogP contribution is 2.10. The zero-order chi connectivity index (χ0) is 11.1. The maximum Gasteiger partial charge on any atom is 0.320 e. The van der Waals surface area contributed by atoms with Crippen LogP contribution in [0.1, 0.15) is 38.5 Å². The van der Waals surface area contributed by atoms with Gasteiger partial charge in [0.25, 0.3) is 0 Å². The average Bonchev–Trinajstić information content (AvgIpc) is 2.25. The minimum absolute atomic E-state index is 0. The molecule has 0 aromatic rings. The number of carboxylic acid groups (broad SMARTS) is 1. The highest BCUT2D eigenvalue weighted by Gasteiger charge is 2.12. The predicted molar refractivity (Wildman–Crippen MR) is 74.2 cm³/mol. The molecule has 0 radical (unpaired) electrons. The number of nitrogens with two attached hydrogens (primary N) is 1. The van der Waals surface area contributed by atoms with Crippen LogP contribution in [0.2, 0.25) is 0 Å². The van der Waals surface area contributed by atoms with Gasteiger partial charge < -0.3 is 15.7 Å². The molecule has 1 aliphatic rings. The third kappa shape index (κ3) is 8.66. The Hall–Kier alpha value is -0.0300. The van der Waals surface area contributed by atoms with Crippen LogP contribution in [0.5, 0.6) is 0 Å². The van der Waals surface area contributed by atoms with Gasteiger partial charge in [0.1, 0.15) is 6.04 Å². The molecule has 1 atom stereocenters. The van der Waals surface area contributed by atoms with Gasteiger partial charge in [0.15, 0.2) is 0 Å². The molecular formula is C11H24Cl2N2O2. The topological polar surface area (TPSA) is 66.6 Å². The van der Waals surface area contributed by atoms with Crippen molar-refractivity contribution in [3.05, 3.63) is 0 Å². The maximum atomic E-state index is 10.5. The molecule has 1 heterocycles. The van der Waals surface area contributed by atoms with Crippen molar-refractivity contribution in [2.45, 2.75) is 44.6 Å². The highest BCUT2D eigenvalue weighted by molar-refractivity contribution is 5.85. The maximum absolute atomic E-state index is 10.5. The predicted octanol–water partition coefficient (Wildman–Crippen LogP) is 1.90. The first kappa shape index (κ1) is 19.3. The Bertz CT molecular complexity index is 200. The lowest BCUT2D eigenvalue weighted by Crippen LogP contribution is -2.32. The number of hydrogen-bond donors (Lipinski definition) is 2. The molecule has 1 rings (SSSR count). The second kappa shape index (κ2) is 11.1. The second-order valence-electron chi connectivity index (χ2n) is 4.34. The Labute approximate surface area is 116 Å². The summed E-state index contributed by atoms with van der Waals surface area (Å²) in [6.07, 6.45) is 6.58. The fraction of sp³-hybridized carbons (Fsp3) is 0.909. The van der Waals surface area contributed by atoms with Crippen molar-refractivity contribution in [1.82, 2.24) is 4.90 Å². The van der Waals surface area contributed by atoms with Gasteiger partial charge in [0, 0.05) is 0 Å². The van der Waals surface area contributed by atoms with Crippen LogP contribution in [-0.2, 0) is 4.79 Å². The van der Waals surface area contributed by atoms with E-state index < -0.39 is 12.0 Å². The lowest BCUT2D eigenvalue weighted by Gasteiger charge is -2.26. The summed E-state index contributed by atoms with van der Waals surface area (Å²) in [5.41, 5.74) is 5.42. The molecule has 104 valence electrons. The van der Waals surface area contributed by atoms with E-state index in [9.17, 15) is 4.79 Å². The number of piperidine rings is 1. The van der Waals surface area contributed by atoms with E-state index in [2.05, 4.69) is 4.90 Å². The molecule has 6 heteroatoms. The van der Waals surface area contributed by atoms with E-state index in [0.717, 1.165) is 19.4 Å². The van der Waals surface area contributed by atoms with Crippen molar-refractivity contribution >= 4 is 30.8 Å². The first-order valence-electron chi connectivity index (χ1n) is 5.91. The number of halogens is 2. The lowest BCUT2D eigenvalue weighted by molar-refractivity contribution is -0.138. The van der Waals surface area contributed by atoms with Crippen molar-refractivity contribution < 1.29 is 9.90 Å². The van der Waals surface area contributed by atoms with E-state index in [1.165, 1.54) is 32.4 Å². The van der Waals surface area contributed by atoms with Gasteiger partial charge in [-0.2, -0.15) is 0 Å². The number of rotatable bonds is 6. The van der Waals surface area contributed by atoms with Crippen LogP contribution in [0, 0.1) is 0 Å². The van der Waals surface area contributed by atoms with Crippen LogP contribution in [0.4, 0.5) is 0 Å². The summed E-state index contributed by atoms with van der Waals surface area (Å²) in [6, 6.07) is -0.675. The Balaban J connectivity index is 0. The van der Waals surface area contributed by atoms with Gasteiger partial charge in [-0.3, -0.25) is 4.79 Å². The number of likely N-dealkylation sites (tertiary alicyclic amines) is 1. The smallest absolute Gasteiger partial charge is 0.320 e. The van der Waals surface area contributed by atoms with Crippen molar-refractivity contribution in [3.63, 3.8) is 0 Å². The SMILES string of the molecule is Cl.Cl.NC(CCCCN1CCCCC1)C(=O)O. The van der Waals surface area contributed by atoms with Gasteiger partial charge in [0.2, 0.25) is 0 Å². The summed E-state index contributed by atoms with van der Waals surface area (Å²) in [7, 11) is 0. The number of aliphatic carboxylic acids is 1. The van der Waals surface area contributed by atoms with Crippen LogP contribution in [0.15, 0.2) is 0 Å². The molecule has 1 saturated heterocycles. The van der Waals surface area contributed by atoms with Gasteiger partial charge in [-0.1, -0.05) is 12.8 Å². The molecule has 0 saturated carbocycles. The van der Waals surface area contributed by atoms with E-state index in [1.807, 2.05) is 0 Å². The van der Waals surface area contributed by atoms with Crippen molar-refractivity contribution in [1.29, 1.82) is 0 Å². The first-order chi connectivity index (χ1) is 7.20. The first-order valence-corrected chi connectivity index (χ1v) is 5.91. The third-order valence-electron chi connectivity index (χ3n) is 3.01. The highest BCUT2D eigenvalue weighted by atomic mass is 35.5. The monoisotopic (exact) mass is 286 g/mol. The number of hydrogen-bond acceptors (Lipinski definition) is 3. The van der Waals surface area contributed by atoms with Crippen LogP contribution < -0.4 is 5.73 Å². The molecule has 0 amide bonds. The molecule has 1 unspecified atom stereocenters. The third-order valence-corrected chi connectivity index (χ3v) is 3.01. The van der Waals surface area contributed by atoms with Gasteiger partial charge in [-0.15, -0.1) is 24.8 Å². The summed E-state index contributed by atoms with van der Waals surface area (Å²) in [6.45, 7) is 3.53.